The third kappa shape index (κ3) is 13.7. The van der Waals surface area contributed by atoms with Crippen molar-refractivity contribution >= 4 is 35.5 Å². The number of benzene rings is 2. The van der Waals surface area contributed by atoms with Crippen LogP contribution in [0.1, 0.15) is 80.9 Å². The number of ether oxygens (including phenoxy) is 2. The standard InChI is InChI=1S/C51H58F16N6O8/c52-32-4-3-31(26-73-14-1-9-46(73)12-20-70(21-13-46)44(79)81-42(50(62,63)64)51(65,66)67)36(23-32)71-17-8-33(40(76)77)34(27-71)38-24-45(10-18-69(19-11-45)43(78)80-41(48(56,57)58)49(59,60)61)28-72(38)25-29-2-5-35(47(53,54)55)37(22-29)68-15-6-30(7-16-68)39(74)75/h2-5,22-23,30,33-34,38,41-42H,1,6-21,24-28H2,(H,74,75)(H,76,77). The van der Waals surface area contributed by atoms with Crippen LogP contribution in [0.5, 0.6) is 0 Å². The van der Waals surface area contributed by atoms with E-state index in [9.17, 15) is 95.2 Å². The van der Waals surface area contributed by atoms with Gasteiger partial charge in [-0.2, -0.15) is 65.9 Å². The summed E-state index contributed by atoms with van der Waals surface area (Å²) in [6.07, 6.45) is -39.6. The molecule has 8 rings (SSSR count). The van der Waals surface area contributed by atoms with Gasteiger partial charge in [-0.15, -0.1) is 0 Å². The number of alkyl halides is 15. The largest absolute Gasteiger partial charge is 0.481 e. The molecule has 2 amide bonds. The van der Waals surface area contributed by atoms with Gasteiger partial charge in [0.15, 0.2) is 0 Å². The zero-order chi connectivity index (χ0) is 59.4. The molecule has 2 spiro atoms. The molecule has 2 aromatic carbocycles. The number of nitrogens with zero attached hydrogens (tertiary/aromatic N) is 6. The molecule has 452 valence electrons. The van der Waals surface area contributed by atoms with Gasteiger partial charge in [0, 0.05) is 101 Å². The first-order chi connectivity index (χ1) is 37.6. The second-order valence-electron chi connectivity index (χ2n) is 22.2. The van der Waals surface area contributed by atoms with Gasteiger partial charge in [-0.25, -0.2) is 14.0 Å². The van der Waals surface area contributed by atoms with Crippen molar-refractivity contribution in [2.75, 3.05) is 75.2 Å². The van der Waals surface area contributed by atoms with E-state index in [1.165, 1.54) is 35.2 Å². The smallest absolute Gasteiger partial charge is 0.434 e. The Morgan fingerprint density at radius 2 is 1.15 bits per heavy atom. The molecule has 2 aromatic rings. The Morgan fingerprint density at radius 1 is 0.605 bits per heavy atom. The maximum absolute atomic E-state index is 15.5. The molecule has 81 heavy (non-hydrogen) atoms. The fourth-order valence-corrected chi connectivity index (χ4v) is 13.1. The summed E-state index contributed by atoms with van der Waals surface area (Å²) in [4.78, 5) is 59.1. The van der Waals surface area contributed by atoms with Crippen molar-refractivity contribution in [2.24, 2.45) is 23.2 Å². The minimum Gasteiger partial charge on any atom is -0.481 e. The fourth-order valence-electron chi connectivity index (χ4n) is 13.1. The van der Waals surface area contributed by atoms with Crippen LogP contribution in [0.2, 0.25) is 0 Å². The number of carbonyl (C=O) groups is 4. The Labute approximate surface area is 452 Å². The number of carboxylic acid groups (broad SMARTS) is 2. The average molecular weight is 1190 g/mol. The van der Waals surface area contributed by atoms with E-state index in [0.29, 0.717) is 41.1 Å². The monoisotopic (exact) mass is 1190 g/mol. The number of hydrogen-bond donors (Lipinski definition) is 2. The summed E-state index contributed by atoms with van der Waals surface area (Å²) in [5, 5.41) is 20.4. The third-order valence-electron chi connectivity index (χ3n) is 17.2. The van der Waals surface area contributed by atoms with E-state index in [-0.39, 0.29) is 129 Å². The molecule has 6 aliphatic rings. The highest BCUT2D eigenvalue weighted by molar-refractivity contribution is 5.72. The summed E-state index contributed by atoms with van der Waals surface area (Å²) >= 11 is 0. The lowest BCUT2D eigenvalue weighted by Crippen LogP contribution is -2.55. The molecular formula is C51H58F16N6O8. The molecule has 0 bridgehead atoms. The number of rotatable bonds is 11. The summed E-state index contributed by atoms with van der Waals surface area (Å²) < 4.78 is 227. The Kier molecular flexibility index (Phi) is 17.3. The zero-order valence-electron chi connectivity index (χ0n) is 43.1. The molecule has 3 unspecified atom stereocenters. The number of likely N-dealkylation sites (tertiary alicyclic amines) is 4. The quantitative estimate of drug-likeness (QED) is 0.207. The Morgan fingerprint density at radius 3 is 1.67 bits per heavy atom. The number of halogens is 16. The minimum absolute atomic E-state index is 0.0215. The number of amides is 2. The van der Waals surface area contributed by atoms with E-state index >= 15 is 4.39 Å². The number of hydrogen-bond acceptors (Lipinski definition) is 10. The van der Waals surface area contributed by atoms with Crippen molar-refractivity contribution in [1.82, 2.24) is 19.6 Å². The first-order valence-corrected chi connectivity index (χ1v) is 26.2. The van der Waals surface area contributed by atoms with Crippen LogP contribution in [0.3, 0.4) is 0 Å². The minimum atomic E-state index is -5.99. The highest BCUT2D eigenvalue weighted by Gasteiger charge is 2.62. The summed E-state index contributed by atoms with van der Waals surface area (Å²) in [6, 6.07) is 6.65. The lowest BCUT2D eigenvalue weighted by molar-refractivity contribution is -0.309. The predicted octanol–water partition coefficient (Wildman–Crippen LogP) is 10.7. The van der Waals surface area contributed by atoms with Gasteiger partial charge in [0.25, 0.3) is 12.2 Å². The molecule has 14 nitrogen and oxygen atoms in total. The summed E-state index contributed by atoms with van der Waals surface area (Å²) in [5.41, 5.74) is -1.60. The van der Waals surface area contributed by atoms with Crippen molar-refractivity contribution in [3.05, 3.63) is 58.9 Å². The Hall–Kier alpha value is -5.68. The van der Waals surface area contributed by atoms with Crippen molar-refractivity contribution in [3.63, 3.8) is 0 Å². The van der Waals surface area contributed by atoms with E-state index in [1.807, 2.05) is 9.80 Å². The second-order valence-corrected chi connectivity index (χ2v) is 22.2. The van der Waals surface area contributed by atoms with Gasteiger partial charge < -0.3 is 39.3 Å². The van der Waals surface area contributed by atoms with Gasteiger partial charge >= 0.3 is 55.0 Å². The highest BCUT2D eigenvalue weighted by Crippen LogP contribution is 2.50. The van der Waals surface area contributed by atoms with Gasteiger partial charge in [-0.1, -0.05) is 12.1 Å². The molecule has 0 aromatic heterocycles. The maximum atomic E-state index is 15.5. The molecule has 6 fully saturated rings. The van der Waals surface area contributed by atoms with Gasteiger partial charge in [-0.05, 0) is 112 Å². The highest BCUT2D eigenvalue weighted by atomic mass is 19.4. The summed E-state index contributed by atoms with van der Waals surface area (Å²) in [7, 11) is 0. The second kappa shape index (κ2) is 22.8. The first kappa shape index (κ1) is 61.4. The van der Waals surface area contributed by atoms with E-state index in [2.05, 4.69) is 9.47 Å². The van der Waals surface area contributed by atoms with Crippen LogP contribution in [-0.2, 0) is 38.3 Å². The molecule has 6 aliphatic heterocycles. The van der Waals surface area contributed by atoms with E-state index in [0.717, 1.165) is 11.0 Å². The van der Waals surface area contributed by atoms with Crippen molar-refractivity contribution in [2.45, 2.75) is 132 Å². The van der Waals surface area contributed by atoms with Crippen LogP contribution in [0.4, 0.5) is 91.2 Å². The number of piperidine rings is 4. The fraction of sp³-hybridized carbons (Fsp3) is 0.686. The molecule has 2 N–H and O–H groups in total. The van der Waals surface area contributed by atoms with Crippen molar-refractivity contribution in [1.29, 1.82) is 0 Å². The van der Waals surface area contributed by atoms with Crippen LogP contribution < -0.4 is 9.80 Å². The van der Waals surface area contributed by atoms with E-state index in [4.69, 9.17) is 0 Å². The summed E-state index contributed by atoms with van der Waals surface area (Å²) in [5.74, 6) is -5.73. The normalized spacial score (nSPS) is 23.8. The van der Waals surface area contributed by atoms with Gasteiger partial charge in [-0.3, -0.25) is 19.4 Å². The molecule has 30 heteroatoms. The van der Waals surface area contributed by atoms with Crippen LogP contribution in [0.15, 0.2) is 36.4 Å². The van der Waals surface area contributed by atoms with Gasteiger partial charge in [0.2, 0.25) is 0 Å². The Balaban J connectivity index is 1.06. The van der Waals surface area contributed by atoms with Gasteiger partial charge in [0.05, 0.1) is 17.4 Å². The molecule has 0 aliphatic carbocycles. The van der Waals surface area contributed by atoms with Gasteiger partial charge in [0.1, 0.15) is 5.82 Å². The molecule has 3 atom stereocenters. The molecule has 6 heterocycles. The Bertz CT molecular complexity index is 2580. The SMILES string of the molecule is O=C(O)C1CCN(c2cc(CN3CC4(CCN(C(=O)OC(C(F)(F)F)C(F)(F)F)CC4)CC3C3CN(c4cc(F)ccc4CN4CCCC45CCN(C(=O)OC(C(F)(F)F)C(F)(F)F)CC5)CCC3C(=O)O)ccc2C(F)(F)F)CC1. The zero-order valence-corrected chi connectivity index (χ0v) is 43.1. The molecule has 6 saturated heterocycles. The number of anilines is 2. The van der Waals surface area contributed by atoms with Crippen LogP contribution >= 0.6 is 0 Å². The topological polar surface area (TPSA) is 147 Å². The average Bonchev–Trinajstić information content (AvgIpc) is 4.02. The number of carboxylic acids is 2. The van der Waals surface area contributed by atoms with Crippen LogP contribution in [0.25, 0.3) is 0 Å². The molecule has 0 radical (unpaired) electrons. The maximum Gasteiger partial charge on any atom is 0.434 e. The van der Waals surface area contributed by atoms with Crippen LogP contribution in [-0.4, -0.2) is 168 Å². The molecular weight excluding hydrogens is 1130 g/mol. The summed E-state index contributed by atoms with van der Waals surface area (Å²) in [6.45, 7) is -0.801. The molecule has 0 saturated carbocycles. The first-order valence-electron chi connectivity index (χ1n) is 26.2. The third-order valence-corrected chi connectivity index (χ3v) is 17.2. The van der Waals surface area contributed by atoms with Crippen molar-refractivity contribution < 1.29 is 109 Å². The van der Waals surface area contributed by atoms with Crippen LogP contribution in [0, 0.1) is 29.0 Å². The van der Waals surface area contributed by atoms with E-state index < -0.39 is 113 Å². The van der Waals surface area contributed by atoms with Crippen molar-refractivity contribution in [3.8, 4) is 0 Å². The number of aliphatic carboxylic acids is 2. The lowest BCUT2D eigenvalue weighted by Gasteiger charge is -2.46. The predicted molar refractivity (Wildman–Crippen MR) is 252 cm³/mol. The number of carbonyl (C=O) groups excluding carboxylic acids is 2. The lowest BCUT2D eigenvalue weighted by atomic mass is 9.72. The van der Waals surface area contributed by atoms with E-state index in [1.54, 1.807) is 4.90 Å².